The second-order valence-corrected chi connectivity index (χ2v) is 7.71. The Hall–Kier alpha value is -3.88. The number of imidazole rings is 1. The summed E-state index contributed by atoms with van der Waals surface area (Å²) >= 11 is 0. The summed E-state index contributed by atoms with van der Waals surface area (Å²) in [6.45, 7) is 5.91. The average Bonchev–Trinajstić information content (AvgIpc) is 3.32. The summed E-state index contributed by atoms with van der Waals surface area (Å²) in [6, 6.07) is 8.63. The molecule has 0 fully saturated rings. The quantitative estimate of drug-likeness (QED) is 0.483. The zero-order chi connectivity index (χ0) is 21.3. The van der Waals surface area contributed by atoms with E-state index in [4.69, 9.17) is 9.26 Å². The Bertz CT molecular complexity index is 1210. The van der Waals surface area contributed by atoms with Gasteiger partial charge in [0.2, 0.25) is 0 Å². The molecule has 2 N–H and O–H groups in total. The number of amides is 2. The summed E-state index contributed by atoms with van der Waals surface area (Å²) in [5, 5.41) is 8.92. The van der Waals surface area contributed by atoms with Crippen LogP contribution in [-0.4, -0.2) is 20.6 Å². The highest BCUT2D eigenvalue weighted by Gasteiger charge is 2.20. The number of pyridine rings is 1. The van der Waals surface area contributed by atoms with E-state index >= 15 is 0 Å². The predicted octanol–water partition coefficient (Wildman–Crippen LogP) is 5.20. The molecule has 3 aromatic heterocycles. The average molecular weight is 409 g/mol. The van der Waals surface area contributed by atoms with Gasteiger partial charge in [-0.15, -0.1) is 0 Å². The summed E-state index contributed by atoms with van der Waals surface area (Å²) in [5.74, 6) is 0.772. The van der Waals surface area contributed by atoms with Gasteiger partial charge in [0.05, 0.1) is 0 Å². The Morgan fingerprint density at radius 1 is 1.13 bits per heavy atom. The van der Waals surface area contributed by atoms with E-state index in [0.29, 0.717) is 17.2 Å². The third kappa shape index (κ3) is 4.24. The van der Waals surface area contributed by atoms with Crippen molar-refractivity contribution in [1.29, 1.82) is 0 Å². The topological polar surface area (TPSA) is 93.7 Å². The third-order valence-corrected chi connectivity index (χ3v) is 4.28. The van der Waals surface area contributed by atoms with Crippen molar-refractivity contribution in [3.63, 3.8) is 0 Å². The van der Waals surface area contributed by atoms with E-state index in [1.807, 2.05) is 25.2 Å². The lowest BCUT2D eigenvalue weighted by Gasteiger charge is -2.12. The van der Waals surface area contributed by atoms with Crippen molar-refractivity contribution < 1.29 is 18.4 Å². The fourth-order valence-electron chi connectivity index (χ4n) is 2.71. The molecular formula is C21H20FN5O3. The number of hydrogen-bond donors (Lipinski definition) is 2. The van der Waals surface area contributed by atoms with Gasteiger partial charge in [0.15, 0.2) is 17.4 Å². The Kier molecular flexibility index (Phi) is 4.86. The second kappa shape index (κ2) is 7.51. The molecule has 0 spiro atoms. The van der Waals surface area contributed by atoms with Gasteiger partial charge < -0.3 is 19.0 Å². The molecule has 0 bridgehead atoms. The van der Waals surface area contributed by atoms with E-state index in [0.717, 1.165) is 0 Å². The van der Waals surface area contributed by atoms with Crippen LogP contribution in [0.2, 0.25) is 0 Å². The van der Waals surface area contributed by atoms with Gasteiger partial charge in [0.25, 0.3) is 0 Å². The number of hydrogen-bond acceptors (Lipinski definition) is 5. The van der Waals surface area contributed by atoms with Crippen LogP contribution in [0.15, 0.2) is 59.5 Å². The van der Waals surface area contributed by atoms with Crippen LogP contribution in [0.25, 0.3) is 5.65 Å². The molecule has 30 heavy (non-hydrogen) atoms. The normalized spacial score (nSPS) is 11.5. The predicted molar refractivity (Wildman–Crippen MR) is 110 cm³/mol. The fourth-order valence-corrected chi connectivity index (χ4v) is 2.71. The van der Waals surface area contributed by atoms with Crippen molar-refractivity contribution in [2.75, 3.05) is 10.6 Å². The Balaban J connectivity index is 1.41. The molecule has 0 aliphatic carbocycles. The molecule has 0 aliphatic rings. The van der Waals surface area contributed by atoms with E-state index in [-0.39, 0.29) is 22.7 Å². The number of rotatable bonds is 4. The molecule has 9 heteroatoms. The van der Waals surface area contributed by atoms with Gasteiger partial charge in [-0.05, 0) is 18.2 Å². The van der Waals surface area contributed by atoms with Gasteiger partial charge in [-0.2, -0.15) is 0 Å². The van der Waals surface area contributed by atoms with Gasteiger partial charge in [-0.1, -0.05) is 25.9 Å². The van der Waals surface area contributed by atoms with Gasteiger partial charge in [-0.3, -0.25) is 5.32 Å². The summed E-state index contributed by atoms with van der Waals surface area (Å²) in [6.07, 6.45) is 5.23. The van der Waals surface area contributed by atoms with Crippen LogP contribution in [0.5, 0.6) is 11.5 Å². The summed E-state index contributed by atoms with van der Waals surface area (Å²) in [7, 11) is 0. The van der Waals surface area contributed by atoms with E-state index in [1.54, 1.807) is 36.8 Å². The van der Waals surface area contributed by atoms with Gasteiger partial charge in [0.1, 0.15) is 17.2 Å². The van der Waals surface area contributed by atoms with Crippen molar-refractivity contribution in [1.82, 2.24) is 14.5 Å². The van der Waals surface area contributed by atoms with Crippen LogP contribution in [-0.2, 0) is 5.41 Å². The van der Waals surface area contributed by atoms with Crippen LogP contribution in [0.1, 0.15) is 26.5 Å². The number of aromatic nitrogens is 3. The SMILES string of the molecule is CC(C)(C)c1cc(NC(=O)Nc2ccc(Oc3ccn4ccnc4c3)c(F)c2)no1. The first-order valence-electron chi connectivity index (χ1n) is 9.23. The molecule has 0 saturated carbocycles. The van der Waals surface area contributed by atoms with Gasteiger partial charge >= 0.3 is 6.03 Å². The summed E-state index contributed by atoms with van der Waals surface area (Å²) in [4.78, 5) is 16.3. The first-order valence-corrected chi connectivity index (χ1v) is 9.23. The molecule has 2 amide bonds. The second-order valence-electron chi connectivity index (χ2n) is 7.71. The molecule has 8 nitrogen and oxygen atoms in total. The van der Waals surface area contributed by atoms with E-state index in [9.17, 15) is 9.18 Å². The van der Waals surface area contributed by atoms with Crippen molar-refractivity contribution in [2.45, 2.75) is 26.2 Å². The monoisotopic (exact) mass is 409 g/mol. The highest BCUT2D eigenvalue weighted by atomic mass is 19.1. The number of ether oxygens (including phenoxy) is 1. The number of urea groups is 1. The number of anilines is 2. The molecule has 3 heterocycles. The number of nitrogens with one attached hydrogen (secondary N) is 2. The van der Waals surface area contributed by atoms with E-state index < -0.39 is 11.8 Å². The summed E-state index contributed by atoms with van der Waals surface area (Å²) < 4.78 is 27.1. The molecule has 4 rings (SSSR count). The molecule has 0 aliphatic heterocycles. The number of carbonyl (C=O) groups is 1. The number of fused-ring (bicyclic) bond motifs is 1. The molecule has 0 unspecified atom stereocenters. The largest absolute Gasteiger partial charge is 0.454 e. The van der Waals surface area contributed by atoms with Crippen LogP contribution < -0.4 is 15.4 Å². The maximum Gasteiger partial charge on any atom is 0.324 e. The lowest BCUT2D eigenvalue weighted by molar-refractivity contribution is 0.262. The lowest BCUT2D eigenvalue weighted by Crippen LogP contribution is -2.19. The van der Waals surface area contributed by atoms with Crippen LogP contribution in [0.4, 0.5) is 20.7 Å². The Labute approximate surface area is 171 Å². The Morgan fingerprint density at radius 2 is 1.97 bits per heavy atom. The van der Waals surface area contributed by atoms with Crippen molar-refractivity contribution >= 4 is 23.2 Å². The van der Waals surface area contributed by atoms with Crippen molar-refractivity contribution in [3.05, 3.63) is 66.6 Å². The first-order chi connectivity index (χ1) is 14.3. The lowest BCUT2D eigenvalue weighted by atomic mass is 9.93. The molecule has 154 valence electrons. The molecular weight excluding hydrogens is 389 g/mol. The first kappa shape index (κ1) is 19.4. The van der Waals surface area contributed by atoms with Crippen LogP contribution in [0, 0.1) is 5.82 Å². The molecule has 4 aromatic rings. The van der Waals surface area contributed by atoms with Crippen LogP contribution in [0.3, 0.4) is 0 Å². The summed E-state index contributed by atoms with van der Waals surface area (Å²) in [5.41, 5.74) is 0.718. The Morgan fingerprint density at radius 3 is 2.70 bits per heavy atom. The minimum Gasteiger partial charge on any atom is -0.454 e. The number of halogens is 1. The molecule has 0 saturated heterocycles. The van der Waals surface area contributed by atoms with Gasteiger partial charge in [0, 0.05) is 47.9 Å². The van der Waals surface area contributed by atoms with Crippen molar-refractivity contribution in [2.24, 2.45) is 0 Å². The highest BCUT2D eigenvalue weighted by Crippen LogP contribution is 2.28. The minimum absolute atomic E-state index is 0.0307. The number of nitrogens with zero attached hydrogens (tertiary/aromatic N) is 3. The number of benzene rings is 1. The number of carbonyl (C=O) groups excluding carboxylic acids is 1. The van der Waals surface area contributed by atoms with Crippen molar-refractivity contribution in [3.8, 4) is 11.5 Å². The molecule has 0 radical (unpaired) electrons. The van der Waals surface area contributed by atoms with E-state index in [1.165, 1.54) is 18.2 Å². The highest BCUT2D eigenvalue weighted by molar-refractivity contribution is 5.99. The fraction of sp³-hybridized carbons (Fsp3) is 0.190. The van der Waals surface area contributed by atoms with Gasteiger partial charge in [-0.25, -0.2) is 14.2 Å². The maximum atomic E-state index is 14.5. The zero-order valence-electron chi connectivity index (χ0n) is 16.6. The van der Waals surface area contributed by atoms with Crippen LogP contribution >= 0.6 is 0 Å². The minimum atomic E-state index is -0.618. The zero-order valence-corrected chi connectivity index (χ0v) is 16.6. The maximum absolute atomic E-state index is 14.5. The smallest absolute Gasteiger partial charge is 0.324 e. The van der Waals surface area contributed by atoms with E-state index in [2.05, 4.69) is 20.8 Å². The molecule has 0 atom stereocenters. The molecule has 1 aromatic carbocycles. The standard InChI is InChI=1S/C21H20FN5O3/c1-21(2,3)17-12-18(26-30-17)25-20(28)24-13-4-5-16(15(22)10-13)29-14-6-8-27-9-7-23-19(27)11-14/h4-12H,1-3H3,(H2,24,25,26,28). The third-order valence-electron chi connectivity index (χ3n) is 4.28.